The number of alkyl halides is 3. The van der Waals surface area contributed by atoms with E-state index in [-0.39, 0.29) is 16.8 Å². The van der Waals surface area contributed by atoms with E-state index in [9.17, 15) is 17.6 Å². The van der Waals surface area contributed by atoms with Gasteiger partial charge in [-0.2, -0.15) is 13.2 Å². The monoisotopic (exact) mass is 544 g/mol. The van der Waals surface area contributed by atoms with Gasteiger partial charge in [-0.1, -0.05) is 86.6 Å². The van der Waals surface area contributed by atoms with Gasteiger partial charge in [-0.05, 0) is 82.5 Å². The van der Waals surface area contributed by atoms with E-state index >= 15 is 4.39 Å². The van der Waals surface area contributed by atoms with Crippen LogP contribution in [0.3, 0.4) is 0 Å². The zero-order valence-electron chi connectivity index (χ0n) is 22.1. The Labute approximate surface area is 231 Å². The van der Waals surface area contributed by atoms with Crippen LogP contribution in [0.2, 0.25) is 0 Å². The van der Waals surface area contributed by atoms with Gasteiger partial charge in [0.25, 0.3) is 0 Å². The Morgan fingerprint density at radius 3 is 2.20 bits per heavy atom. The highest BCUT2D eigenvalue weighted by atomic mass is 19.4. The lowest BCUT2D eigenvalue weighted by molar-refractivity contribution is -0.0696. The smallest absolute Gasteiger partial charge is 0.206 e. The number of hydrogen-bond acceptors (Lipinski definition) is 0. The van der Waals surface area contributed by atoms with Gasteiger partial charge in [0.1, 0.15) is 11.6 Å². The maximum absolute atomic E-state index is 15.4. The standard InChI is InChI=1S/C35H29F5/c36-33-21-28(27-10-9-25-18-24(7-8-26(25)19-27)22-4-2-1-3-5-22)12-14-31(33)29-13-15-32-30(20-29)11-6-23(34(32)37)16-17-35(38,39)40/h6,9-15,19-22,24H,1-5,7-8,18H2. The molecule has 0 radical (unpaired) electrons. The molecule has 0 spiro atoms. The van der Waals surface area contributed by atoms with Crippen molar-refractivity contribution in [3.63, 3.8) is 0 Å². The fourth-order valence-electron chi connectivity index (χ4n) is 6.59. The van der Waals surface area contributed by atoms with Crippen molar-refractivity contribution in [1.82, 2.24) is 0 Å². The van der Waals surface area contributed by atoms with Crippen LogP contribution in [0.15, 0.2) is 66.7 Å². The van der Waals surface area contributed by atoms with Crippen LogP contribution < -0.4 is 0 Å². The first-order chi connectivity index (χ1) is 19.2. The topological polar surface area (TPSA) is 0 Å². The van der Waals surface area contributed by atoms with Crippen molar-refractivity contribution in [2.45, 2.75) is 57.5 Å². The summed E-state index contributed by atoms with van der Waals surface area (Å²) in [4.78, 5) is 0. The molecular weight excluding hydrogens is 515 g/mol. The van der Waals surface area contributed by atoms with Crippen molar-refractivity contribution in [1.29, 1.82) is 0 Å². The van der Waals surface area contributed by atoms with Gasteiger partial charge in [0.2, 0.25) is 0 Å². The predicted molar refractivity (Wildman–Crippen MR) is 150 cm³/mol. The third kappa shape index (κ3) is 5.50. The number of rotatable bonds is 3. The Morgan fingerprint density at radius 1 is 0.675 bits per heavy atom. The molecule has 0 nitrogen and oxygen atoms in total. The Hall–Kier alpha value is -3.65. The second-order valence-corrected chi connectivity index (χ2v) is 11.2. The highest BCUT2D eigenvalue weighted by Crippen LogP contribution is 2.39. The zero-order valence-corrected chi connectivity index (χ0v) is 22.1. The minimum absolute atomic E-state index is 0.134. The molecule has 1 unspecified atom stereocenters. The molecule has 5 heteroatoms. The summed E-state index contributed by atoms with van der Waals surface area (Å²) < 4.78 is 67.4. The second kappa shape index (κ2) is 10.7. The van der Waals surface area contributed by atoms with Gasteiger partial charge >= 0.3 is 6.18 Å². The molecule has 1 atom stereocenters. The molecule has 0 N–H and O–H groups in total. The second-order valence-electron chi connectivity index (χ2n) is 11.2. The lowest BCUT2D eigenvalue weighted by Crippen LogP contribution is -2.24. The maximum atomic E-state index is 15.4. The molecule has 4 aromatic carbocycles. The van der Waals surface area contributed by atoms with Crippen molar-refractivity contribution >= 4 is 10.8 Å². The van der Waals surface area contributed by atoms with E-state index < -0.39 is 12.0 Å². The molecule has 1 saturated carbocycles. The van der Waals surface area contributed by atoms with Crippen LogP contribution in [-0.4, -0.2) is 6.18 Å². The van der Waals surface area contributed by atoms with E-state index in [4.69, 9.17) is 0 Å². The third-order valence-corrected chi connectivity index (χ3v) is 8.70. The summed E-state index contributed by atoms with van der Waals surface area (Å²) in [7, 11) is 0. The van der Waals surface area contributed by atoms with Crippen LogP contribution in [0, 0.1) is 35.3 Å². The van der Waals surface area contributed by atoms with Crippen LogP contribution in [0.25, 0.3) is 33.0 Å². The number of halogens is 5. The van der Waals surface area contributed by atoms with Gasteiger partial charge in [0.05, 0.1) is 5.56 Å². The lowest BCUT2D eigenvalue weighted by Gasteiger charge is -2.34. The normalized spacial score (nSPS) is 17.8. The van der Waals surface area contributed by atoms with Crippen LogP contribution in [-0.2, 0) is 12.8 Å². The molecule has 0 bridgehead atoms. The van der Waals surface area contributed by atoms with Gasteiger partial charge in [0, 0.05) is 16.9 Å². The number of benzene rings is 4. The van der Waals surface area contributed by atoms with Gasteiger partial charge in [0.15, 0.2) is 0 Å². The summed E-state index contributed by atoms with van der Waals surface area (Å²) in [5.41, 5.74) is 5.20. The van der Waals surface area contributed by atoms with Gasteiger partial charge in [-0.15, -0.1) is 0 Å². The van der Waals surface area contributed by atoms with E-state index in [1.165, 1.54) is 73.9 Å². The lowest BCUT2D eigenvalue weighted by atomic mass is 9.71. The highest BCUT2D eigenvalue weighted by molar-refractivity contribution is 5.89. The summed E-state index contributed by atoms with van der Waals surface area (Å²) in [5, 5.41) is 0.590. The first-order valence-electron chi connectivity index (χ1n) is 14.0. The first-order valence-corrected chi connectivity index (χ1v) is 14.0. The van der Waals surface area contributed by atoms with Gasteiger partial charge < -0.3 is 0 Å². The molecule has 40 heavy (non-hydrogen) atoms. The first kappa shape index (κ1) is 26.6. The van der Waals surface area contributed by atoms with E-state index in [2.05, 4.69) is 18.2 Å². The highest BCUT2D eigenvalue weighted by Gasteiger charge is 2.27. The molecule has 0 aliphatic heterocycles. The van der Waals surface area contributed by atoms with Crippen LogP contribution in [0.4, 0.5) is 22.0 Å². The molecule has 0 amide bonds. The summed E-state index contributed by atoms with van der Waals surface area (Å²) in [6.45, 7) is 0. The quantitative estimate of drug-likeness (QED) is 0.178. The largest absolute Gasteiger partial charge is 0.458 e. The molecule has 4 aromatic rings. The molecular formula is C35H29F5. The Bertz CT molecular complexity index is 1630. The third-order valence-electron chi connectivity index (χ3n) is 8.70. The van der Waals surface area contributed by atoms with Crippen molar-refractivity contribution in [2.24, 2.45) is 11.8 Å². The Balaban J connectivity index is 1.23. The average molecular weight is 545 g/mol. The molecule has 6 rings (SSSR count). The van der Waals surface area contributed by atoms with E-state index in [0.29, 0.717) is 16.5 Å². The predicted octanol–water partition coefficient (Wildman–Crippen LogP) is 10.1. The van der Waals surface area contributed by atoms with Gasteiger partial charge in [-0.3, -0.25) is 0 Å². The summed E-state index contributed by atoms with van der Waals surface area (Å²) in [6, 6.07) is 19.1. The Kier molecular flexibility index (Phi) is 7.13. The minimum atomic E-state index is -4.70. The van der Waals surface area contributed by atoms with Crippen molar-refractivity contribution < 1.29 is 22.0 Å². The summed E-state index contributed by atoms with van der Waals surface area (Å²) in [5.74, 6) is 3.38. The number of aryl methyl sites for hydroxylation is 1. The summed E-state index contributed by atoms with van der Waals surface area (Å²) in [6.07, 6.45) is 5.59. The molecule has 1 fully saturated rings. The molecule has 2 aliphatic rings. The van der Waals surface area contributed by atoms with E-state index in [0.717, 1.165) is 41.7 Å². The minimum Gasteiger partial charge on any atom is -0.206 e. The number of hydrogen-bond donors (Lipinski definition) is 0. The summed E-state index contributed by atoms with van der Waals surface area (Å²) >= 11 is 0. The van der Waals surface area contributed by atoms with Crippen molar-refractivity contribution in [2.75, 3.05) is 0 Å². The van der Waals surface area contributed by atoms with E-state index in [1.54, 1.807) is 18.2 Å². The fourth-order valence-corrected chi connectivity index (χ4v) is 6.59. The van der Waals surface area contributed by atoms with Crippen molar-refractivity contribution in [3.8, 4) is 34.1 Å². The van der Waals surface area contributed by atoms with Crippen molar-refractivity contribution in [3.05, 3.63) is 95.1 Å². The van der Waals surface area contributed by atoms with E-state index in [1.807, 2.05) is 12.0 Å². The zero-order chi connectivity index (χ0) is 27.9. The van der Waals surface area contributed by atoms with Gasteiger partial charge in [-0.25, -0.2) is 8.78 Å². The molecule has 204 valence electrons. The molecule has 0 heterocycles. The SMILES string of the molecule is Fc1cc(-c2ccc3c(c2)CCC(C2CCCCC2)C3)ccc1-c1ccc2c(F)c(C#CC(F)(F)F)ccc2c1. The maximum Gasteiger partial charge on any atom is 0.458 e. The van der Waals surface area contributed by atoms with Crippen LogP contribution >= 0.6 is 0 Å². The Morgan fingerprint density at radius 2 is 1.43 bits per heavy atom. The molecule has 0 aromatic heterocycles. The fraction of sp³-hybridized carbons (Fsp3) is 0.314. The van der Waals surface area contributed by atoms with Crippen LogP contribution in [0.5, 0.6) is 0 Å². The average Bonchev–Trinajstić information content (AvgIpc) is 2.96. The van der Waals surface area contributed by atoms with Crippen LogP contribution in [0.1, 0.15) is 55.2 Å². The number of fused-ring (bicyclic) bond motifs is 2. The molecule has 2 aliphatic carbocycles. The molecule has 0 saturated heterocycles.